The summed E-state index contributed by atoms with van der Waals surface area (Å²) in [6.07, 6.45) is 2.44. The summed E-state index contributed by atoms with van der Waals surface area (Å²) in [6.45, 7) is 10.9. The molecule has 0 bridgehead atoms. The van der Waals surface area contributed by atoms with Crippen LogP contribution < -0.4 is 0 Å². The highest BCUT2D eigenvalue weighted by Crippen LogP contribution is 2.21. The van der Waals surface area contributed by atoms with E-state index in [1.54, 1.807) is 0 Å². The predicted octanol–water partition coefficient (Wildman–Crippen LogP) is 1.11. The van der Waals surface area contributed by atoms with Gasteiger partial charge in [0.1, 0.15) is 0 Å². The van der Waals surface area contributed by atoms with Gasteiger partial charge in [-0.1, -0.05) is 20.8 Å². The van der Waals surface area contributed by atoms with Crippen molar-refractivity contribution in [2.24, 2.45) is 5.41 Å². The Labute approximate surface area is 128 Å². The molecule has 2 aliphatic rings. The maximum absolute atomic E-state index is 12.2. The summed E-state index contributed by atoms with van der Waals surface area (Å²) >= 11 is 0. The number of carbonyl (C=O) groups excluding carboxylic acids is 1. The zero-order valence-corrected chi connectivity index (χ0v) is 13.7. The minimum atomic E-state index is -0.327. The average Bonchev–Trinajstić information content (AvgIpc) is 2.91. The third-order valence-corrected chi connectivity index (χ3v) is 4.58. The number of β-amino-alcohol motifs (C(OH)–C–C–N with tert-alkyl or cyclic N) is 1. The predicted molar refractivity (Wildman–Crippen MR) is 82.1 cm³/mol. The van der Waals surface area contributed by atoms with Crippen LogP contribution in [0.25, 0.3) is 0 Å². The second-order valence-electron chi connectivity index (χ2n) is 7.40. The summed E-state index contributed by atoms with van der Waals surface area (Å²) in [5.74, 6) is 0.220. The lowest BCUT2D eigenvalue weighted by atomic mass is 9.89. The van der Waals surface area contributed by atoms with Gasteiger partial charge in [-0.05, 0) is 18.3 Å². The highest BCUT2D eigenvalue weighted by molar-refractivity contribution is 5.76. The van der Waals surface area contributed by atoms with Crippen LogP contribution in [0.2, 0.25) is 0 Å². The van der Waals surface area contributed by atoms with E-state index >= 15 is 0 Å². The minimum absolute atomic E-state index is 0.0905. The third-order valence-electron chi connectivity index (χ3n) is 4.58. The fraction of sp³-hybridized carbons (Fsp3) is 0.938. The van der Waals surface area contributed by atoms with Crippen molar-refractivity contribution in [1.82, 2.24) is 9.80 Å². The topological polar surface area (TPSA) is 53.0 Å². The normalized spacial score (nSPS) is 26.1. The molecule has 0 radical (unpaired) electrons. The molecule has 0 aromatic heterocycles. The summed E-state index contributed by atoms with van der Waals surface area (Å²) in [5.41, 5.74) is -0.0905. The molecular formula is C16H30N2O3. The van der Waals surface area contributed by atoms with Crippen LogP contribution in [0.5, 0.6) is 0 Å². The van der Waals surface area contributed by atoms with Crippen LogP contribution in [-0.4, -0.2) is 72.4 Å². The smallest absolute Gasteiger partial charge is 0.225 e. The van der Waals surface area contributed by atoms with E-state index in [1.807, 2.05) is 4.90 Å². The molecule has 21 heavy (non-hydrogen) atoms. The zero-order chi connectivity index (χ0) is 15.5. The van der Waals surface area contributed by atoms with Gasteiger partial charge in [0.15, 0.2) is 0 Å². The van der Waals surface area contributed by atoms with Crippen LogP contribution in [0.3, 0.4) is 0 Å². The Morgan fingerprint density at radius 3 is 2.48 bits per heavy atom. The van der Waals surface area contributed by atoms with Gasteiger partial charge in [0.2, 0.25) is 5.91 Å². The van der Waals surface area contributed by atoms with E-state index in [0.717, 1.165) is 45.6 Å². The highest BCUT2D eigenvalue weighted by atomic mass is 16.5. The quantitative estimate of drug-likeness (QED) is 0.845. The SMILES string of the molecule is CC(C)(C)C(O)CN1CCN(C(=O)CC2CCCO2)CC1. The maximum atomic E-state index is 12.2. The molecule has 2 unspecified atom stereocenters. The first-order chi connectivity index (χ1) is 9.86. The number of aliphatic hydroxyl groups is 1. The molecule has 2 fully saturated rings. The van der Waals surface area contributed by atoms with Gasteiger partial charge in [0.25, 0.3) is 0 Å². The first-order valence-corrected chi connectivity index (χ1v) is 8.16. The monoisotopic (exact) mass is 298 g/mol. The second kappa shape index (κ2) is 7.07. The van der Waals surface area contributed by atoms with E-state index in [4.69, 9.17) is 4.74 Å². The number of carbonyl (C=O) groups is 1. The van der Waals surface area contributed by atoms with Gasteiger partial charge >= 0.3 is 0 Å². The van der Waals surface area contributed by atoms with Gasteiger partial charge in [0.05, 0.1) is 18.6 Å². The number of ether oxygens (including phenoxy) is 1. The summed E-state index contributed by atoms with van der Waals surface area (Å²) in [6, 6.07) is 0. The van der Waals surface area contributed by atoms with Gasteiger partial charge < -0.3 is 14.7 Å². The lowest BCUT2D eigenvalue weighted by molar-refractivity contribution is -0.135. The number of amides is 1. The molecule has 0 spiro atoms. The largest absolute Gasteiger partial charge is 0.391 e. The van der Waals surface area contributed by atoms with E-state index in [2.05, 4.69) is 25.7 Å². The minimum Gasteiger partial charge on any atom is -0.391 e. The number of hydrogen-bond donors (Lipinski definition) is 1. The molecule has 1 amide bonds. The molecule has 0 saturated carbocycles. The summed E-state index contributed by atoms with van der Waals surface area (Å²) in [7, 11) is 0. The highest BCUT2D eigenvalue weighted by Gasteiger charge is 2.28. The molecule has 5 heteroatoms. The summed E-state index contributed by atoms with van der Waals surface area (Å²) < 4.78 is 5.53. The molecule has 2 aliphatic heterocycles. The third kappa shape index (κ3) is 4.94. The van der Waals surface area contributed by atoms with Crippen molar-refractivity contribution in [2.75, 3.05) is 39.3 Å². The molecule has 122 valence electrons. The van der Waals surface area contributed by atoms with Crippen molar-refractivity contribution in [2.45, 2.75) is 52.2 Å². The standard InChI is InChI=1S/C16H30N2O3/c1-16(2,3)14(19)12-17-6-8-18(9-7-17)15(20)11-13-5-4-10-21-13/h13-14,19H,4-12H2,1-3H3. The van der Waals surface area contributed by atoms with Gasteiger partial charge in [-0.25, -0.2) is 0 Å². The lowest BCUT2D eigenvalue weighted by Crippen LogP contribution is -2.52. The Balaban J connectivity index is 1.71. The van der Waals surface area contributed by atoms with Crippen molar-refractivity contribution >= 4 is 5.91 Å². The number of nitrogens with zero attached hydrogens (tertiary/aromatic N) is 2. The van der Waals surface area contributed by atoms with Crippen molar-refractivity contribution in [3.8, 4) is 0 Å². The van der Waals surface area contributed by atoms with Crippen LogP contribution in [-0.2, 0) is 9.53 Å². The molecule has 2 saturated heterocycles. The zero-order valence-electron chi connectivity index (χ0n) is 13.7. The molecule has 0 aromatic rings. The molecular weight excluding hydrogens is 268 g/mol. The van der Waals surface area contributed by atoms with Crippen LogP contribution in [0, 0.1) is 5.41 Å². The fourth-order valence-electron chi connectivity index (χ4n) is 2.83. The lowest BCUT2D eigenvalue weighted by Gasteiger charge is -2.38. The van der Waals surface area contributed by atoms with Crippen molar-refractivity contribution in [1.29, 1.82) is 0 Å². The number of hydrogen-bond acceptors (Lipinski definition) is 4. The molecule has 5 nitrogen and oxygen atoms in total. The Hall–Kier alpha value is -0.650. The first-order valence-electron chi connectivity index (χ1n) is 8.16. The summed E-state index contributed by atoms with van der Waals surface area (Å²) in [5, 5.41) is 10.2. The van der Waals surface area contributed by atoms with Gasteiger partial charge in [0, 0.05) is 39.3 Å². The first kappa shape index (κ1) is 16.7. The number of piperazine rings is 1. The molecule has 0 aromatic carbocycles. The molecule has 0 aliphatic carbocycles. The van der Waals surface area contributed by atoms with Crippen molar-refractivity contribution < 1.29 is 14.6 Å². The van der Waals surface area contributed by atoms with E-state index in [1.165, 1.54) is 0 Å². The Morgan fingerprint density at radius 2 is 1.95 bits per heavy atom. The average molecular weight is 298 g/mol. The van der Waals surface area contributed by atoms with E-state index in [9.17, 15) is 9.90 Å². The van der Waals surface area contributed by atoms with Crippen LogP contribution in [0.4, 0.5) is 0 Å². The molecule has 2 atom stereocenters. The summed E-state index contributed by atoms with van der Waals surface area (Å²) in [4.78, 5) is 16.4. The van der Waals surface area contributed by atoms with Crippen LogP contribution in [0.15, 0.2) is 0 Å². The van der Waals surface area contributed by atoms with Crippen LogP contribution >= 0.6 is 0 Å². The number of aliphatic hydroxyl groups excluding tert-OH is 1. The Bertz CT molecular complexity index is 340. The van der Waals surface area contributed by atoms with Crippen molar-refractivity contribution in [3.05, 3.63) is 0 Å². The molecule has 2 rings (SSSR count). The van der Waals surface area contributed by atoms with E-state index < -0.39 is 0 Å². The van der Waals surface area contributed by atoms with E-state index in [0.29, 0.717) is 13.0 Å². The van der Waals surface area contributed by atoms with Gasteiger partial charge in [-0.15, -0.1) is 0 Å². The molecule has 1 N–H and O–H groups in total. The Morgan fingerprint density at radius 1 is 1.29 bits per heavy atom. The van der Waals surface area contributed by atoms with Gasteiger partial charge in [-0.2, -0.15) is 0 Å². The number of rotatable bonds is 4. The second-order valence-corrected chi connectivity index (χ2v) is 7.40. The molecule has 2 heterocycles. The van der Waals surface area contributed by atoms with Crippen LogP contribution in [0.1, 0.15) is 40.0 Å². The fourth-order valence-corrected chi connectivity index (χ4v) is 2.83. The maximum Gasteiger partial charge on any atom is 0.225 e. The van der Waals surface area contributed by atoms with Gasteiger partial charge in [-0.3, -0.25) is 9.69 Å². The Kier molecular flexibility index (Phi) is 5.63. The van der Waals surface area contributed by atoms with E-state index in [-0.39, 0.29) is 23.5 Å². The van der Waals surface area contributed by atoms with Crippen molar-refractivity contribution in [3.63, 3.8) is 0 Å².